The number of nitrogens with zero attached hydrogens (tertiary/aromatic N) is 2. The van der Waals surface area contributed by atoms with E-state index in [-0.39, 0.29) is 37.0 Å². The van der Waals surface area contributed by atoms with Crippen molar-refractivity contribution in [2.45, 2.75) is 32.7 Å². The summed E-state index contributed by atoms with van der Waals surface area (Å²) in [6, 6.07) is 5.56. The first-order chi connectivity index (χ1) is 10.4. The molecule has 22 heavy (non-hydrogen) atoms. The van der Waals surface area contributed by atoms with Crippen molar-refractivity contribution in [1.29, 1.82) is 0 Å². The second kappa shape index (κ2) is 5.44. The SMILES string of the molecule is Cc1cc(C)cc(NC(=O)CN2C(=O)CN(C3CC3)C2=O)c1. The second-order valence-corrected chi connectivity index (χ2v) is 6.05. The lowest BCUT2D eigenvalue weighted by Gasteiger charge is -2.16. The minimum absolute atomic E-state index is 0.0976. The fourth-order valence-electron chi connectivity index (χ4n) is 2.78. The highest BCUT2D eigenvalue weighted by molar-refractivity contribution is 6.06. The van der Waals surface area contributed by atoms with Crippen LogP contribution in [0.3, 0.4) is 0 Å². The molecule has 6 heteroatoms. The molecule has 1 saturated carbocycles. The number of carbonyl (C=O) groups excluding carboxylic acids is 3. The quantitative estimate of drug-likeness (QED) is 0.860. The van der Waals surface area contributed by atoms with Crippen molar-refractivity contribution in [3.63, 3.8) is 0 Å². The third-order valence-electron chi connectivity index (χ3n) is 3.88. The lowest BCUT2D eigenvalue weighted by molar-refractivity contribution is -0.129. The van der Waals surface area contributed by atoms with Crippen LogP contribution in [-0.2, 0) is 9.59 Å². The summed E-state index contributed by atoms with van der Waals surface area (Å²) < 4.78 is 0. The average molecular weight is 301 g/mol. The van der Waals surface area contributed by atoms with E-state index in [0.29, 0.717) is 5.69 Å². The summed E-state index contributed by atoms with van der Waals surface area (Å²) in [5.41, 5.74) is 2.77. The zero-order chi connectivity index (χ0) is 15.9. The Kier molecular flexibility index (Phi) is 3.60. The second-order valence-electron chi connectivity index (χ2n) is 6.05. The number of urea groups is 1. The van der Waals surface area contributed by atoms with Gasteiger partial charge in [0.05, 0.1) is 0 Å². The molecule has 1 aromatic carbocycles. The maximum Gasteiger partial charge on any atom is 0.327 e. The molecule has 1 N–H and O–H groups in total. The third-order valence-corrected chi connectivity index (χ3v) is 3.88. The number of amides is 4. The number of hydrogen-bond acceptors (Lipinski definition) is 3. The highest BCUT2D eigenvalue weighted by atomic mass is 16.2. The van der Waals surface area contributed by atoms with E-state index < -0.39 is 0 Å². The number of nitrogens with one attached hydrogen (secondary N) is 1. The maximum absolute atomic E-state index is 12.1. The molecule has 116 valence electrons. The van der Waals surface area contributed by atoms with E-state index in [4.69, 9.17) is 0 Å². The minimum atomic E-state index is -0.357. The largest absolute Gasteiger partial charge is 0.327 e. The Balaban J connectivity index is 1.64. The molecule has 0 atom stereocenters. The van der Waals surface area contributed by atoms with Crippen LogP contribution in [0.25, 0.3) is 0 Å². The standard InChI is InChI=1S/C16H19N3O3/c1-10-5-11(2)7-12(6-10)17-14(20)8-19-15(21)9-18(16(19)22)13-3-4-13/h5-7,13H,3-4,8-9H2,1-2H3,(H,17,20). The molecule has 0 radical (unpaired) electrons. The molecule has 3 rings (SSSR count). The summed E-state index contributed by atoms with van der Waals surface area (Å²) in [5, 5.41) is 2.75. The van der Waals surface area contributed by atoms with Crippen molar-refractivity contribution in [3.8, 4) is 0 Å². The van der Waals surface area contributed by atoms with Gasteiger partial charge in [-0.25, -0.2) is 4.79 Å². The fourth-order valence-corrected chi connectivity index (χ4v) is 2.78. The topological polar surface area (TPSA) is 69.7 Å². The number of benzene rings is 1. The molecule has 4 amide bonds. The summed E-state index contributed by atoms with van der Waals surface area (Å²) in [5.74, 6) is -0.656. The number of anilines is 1. The van der Waals surface area contributed by atoms with Gasteiger partial charge in [-0.2, -0.15) is 0 Å². The predicted molar refractivity (Wildman–Crippen MR) is 81.4 cm³/mol. The van der Waals surface area contributed by atoms with Gasteiger partial charge in [-0.05, 0) is 49.9 Å². The maximum atomic E-state index is 12.1. The lowest BCUT2D eigenvalue weighted by Crippen LogP contribution is -2.39. The van der Waals surface area contributed by atoms with Crippen LogP contribution >= 0.6 is 0 Å². The van der Waals surface area contributed by atoms with Crippen LogP contribution in [0.4, 0.5) is 10.5 Å². The van der Waals surface area contributed by atoms with Gasteiger partial charge in [-0.1, -0.05) is 6.07 Å². The van der Waals surface area contributed by atoms with Gasteiger partial charge in [0.25, 0.3) is 5.91 Å². The summed E-state index contributed by atoms with van der Waals surface area (Å²) in [4.78, 5) is 38.7. The fraction of sp³-hybridized carbons (Fsp3) is 0.438. The van der Waals surface area contributed by atoms with Gasteiger partial charge in [0.1, 0.15) is 13.1 Å². The minimum Gasteiger partial charge on any atom is -0.325 e. The smallest absolute Gasteiger partial charge is 0.325 e. The van der Waals surface area contributed by atoms with Crippen LogP contribution in [-0.4, -0.2) is 46.8 Å². The highest BCUT2D eigenvalue weighted by Crippen LogP contribution is 2.30. The number of rotatable bonds is 4. The van der Waals surface area contributed by atoms with Gasteiger partial charge >= 0.3 is 6.03 Å². The van der Waals surface area contributed by atoms with Crippen molar-refractivity contribution in [2.75, 3.05) is 18.4 Å². The monoisotopic (exact) mass is 301 g/mol. The van der Waals surface area contributed by atoms with Gasteiger partial charge < -0.3 is 10.2 Å². The molecule has 1 heterocycles. The van der Waals surface area contributed by atoms with Gasteiger partial charge in [0.2, 0.25) is 5.91 Å². The van der Waals surface area contributed by atoms with E-state index in [1.807, 2.05) is 32.0 Å². The molecule has 1 saturated heterocycles. The molecule has 1 aromatic rings. The van der Waals surface area contributed by atoms with Crippen LogP contribution in [0.15, 0.2) is 18.2 Å². The first kappa shape index (κ1) is 14.6. The van der Waals surface area contributed by atoms with Crippen molar-refractivity contribution < 1.29 is 14.4 Å². The molecule has 1 aliphatic heterocycles. The van der Waals surface area contributed by atoms with Crippen molar-refractivity contribution >= 4 is 23.5 Å². The Labute approximate surface area is 129 Å². The highest BCUT2D eigenvalue weighted by Gasteiger charge is 2.44. The molecule has 2 aliphatic rings. The van der Waals surface area contributed by atoms with Gasteiger partial charge in [0.15, 0.2) is 0 Å². The Morgan fingerprint density at radius 1 is 1.18 bits per heavy atom. The molecule has 0 aromatic heterocycles. The molecule has 6 nitrogen and oxygen atoms in total. The van der Waals surface area contributed by atoms with Crippen molar-refractivity contribution in [2.24, 2.45) is 0 Å². The summed E-state index contributed by atoms with van der Waals surface area (Å²) in [7, 11) is 0. The van der Waals surface area contributed by atoms with E-state index in [1.54, 1.807) is 4.90 Å². The van der Waals surface area contributed by atoms with Gasteiger partial charge in [0, 0.05) is 11.7 Å². The Morgan fingerprint density at radius 2 is 1.82 bits per heavy atom. The van der Waals surface area contributed by atoms with E-state index >= 15 is 0 Å². The Hall–Kier alpha value is -2.37. The van der Waals surface area contributed by atoms with E-state index in [9.17, 15) is 14.4 Å². The molecule has 0 spiro atoms. The number of imide groups is 1. The van der Waals surface area contributed by atoms with E-state index in [1.165, 1.54) is 0 Å². The van der Waals surface area contributed by atoms with Crippen molar-refractivity contribution in [1.82, 2.24) is 9.80 Å². The summed E-state index contributed by atoms with van der Waals surface area (Å²) in [6.07, 6.45) is 1.89. The lowest BCUT2D eigenvalue weighted by atomic mass is 10.1. The van der Waals surface area contributed by atoms with Gasteiger partial charge in [-0.15, -0.1) is 0 Å². The summed E-state index contributed by atoms with van der Waals surface area (Å²) >= 11 is 0. The van der Waals surface area contributed by atoms with Crippen LogP contribution in [0.5, 0.6) is 0 Å². The van der Waals surface area contributed by atoms with Crippen LogP contribution in [0, 0.1) is 13.8 Å². The average Bonchev–Trinajstić information content (AvgIpc) is 3.20. The zero-order valence-corrected chi connectivity index (χ0v) is 12.8. The first-order valence-electron chi connectivity index (χ1n) is 7.43. The van der Waals surface area contributed by atoms with Crippen LogP contribution in [0.1, 0.15) is 24.0 Å². The Morgan fingerprint density at radius 3 is 2.41 bits per heavy atom. The molecule has 1 aliphatic carbocycles. The molecular weight excluding hydrogens is 282 g/mol. The molecule has 0 bridgehead atoms. The number of aryl methyl sites for hydroxylation is 2. The molecular formula is C16H19N3O3. The first-order valence-corrected chi connectivity index (χ1v) is 7.43. The number of hydrogen-bond donors (Lipinski definition) is 1. The summed E-state index contributed by atoms with van der Waals surface area (Å²) in [6.45, 7) is 3.77. The zero-order valence-electron chi connectivity index (χ0n) is 12.8. The van der Waals surface area contributed by atoms with Crippen LogP contribution in [0.2, 0.25) is 0 Å². The predicted octanol–water partition coefficient (Wildman–Crippen LogP) is 1.67. The molecule has 2 fully saturated rings. The van der Waals surface area contributed by atoms with Crippen molar-refractivity contribution in [3.05, 3.63) is 29.3 Å². The number of carbonyl (C=O) groups is 3. The van der Waals surface area contributed by atoms with E-state index in [2.05, 4.69) is 5.32 Å². The normalized spacial score (nSPS) is 18.1. The molecule has 0 unspecified atom stereocenters. The van der Waals surface area contributed by atoms with E-state index in [0.717, 1.165) is 28.9 Å². The van der Waals surface area contributed by atoms with Gasteiger partial charge in [-0.3, -0.25) is 14.5 Å². The van der Waals surface area contributed by atoms with Crippen LogP contribution < -0.4 is 5.32 Å². The third kappa shape index (κ3) is 2.95. The Bertz CT molecular complexity index is 632.